The van der Waals surface area contributed by atoms with E-state index in [0.29, 0.717) is 24.2 Å². The quantitative estimate of drug-likeness (QED) is 0.0627. The topological polar surface area (TPSA) is 208 Å². The maximum Gasteiger partial charge on any atom is 0.472 e. The Kier molecular flexibility index (Phi) is 16.0. The third-order valence-electron chi connectivity index (χ3n) is 3.43. The molecule has 196 valence electrons. The van der Waals surface area contributed by atoms with E-state index in [9.17, 15) is 28.4 Å². The van der Waals surface area contributed by atoms with Crippen LogP contribution in [-0.4, -0.2) is 83.2 Å². The van der Waals surface area contributed by atoms with Gasteiger partial charge in [0.1, 0.15) is 0 Å². The van der Waals surface area contributed by atoms with Crippen molar-refractivity contribution < 1.29 is 65.2 Å². The first-order valence-electron chi connectivity index (χ1n) is 9.58. The van der Waals surface area contributed by atoms with Gasteiger partial charge in [-0.3, -0.25) is 27.1 Å². The Labute approximate surface area is 198 Å². The van der Waals surface area contributed by atoms with Gasteiger partial charge < -0.3 is 24.3 Å². The minimum atomic E-state index is -4.62. The second-order valence-corrected chi connectivity index (χ2v) is 12.3. The Morgan fingerprint density at radius 2 is 1.30 bits per heavy atom. The van der Waals surface area contributed by atoms with Gasteiger partial charge in [-0.2, -0.15) is 0 Å². The summed E-state index contributed by atoms with van der Waals surface area (Å²) in [5, 5.41) is 8.70. The average Bonchev–Trinajstić information content (AvgIpc) is 2.65. The Balaban J connectivity index is 4.25. The third kappa shape index (κ3) is 18.6. The Bertz CT molecular complexity index is 698. The zero-order chi connectivity index (χ0) is 25.8. The normalized spacial score (nSPS) is 19.9. The standard InChI is InChI=1S/C14H32BO14P3S/c1-12(11-33-23)8-14(2,3)29-32(21,22)27-7-6-25-30(17,18)24-4-5-26-31(19,20)28-10-13(15)9-16/h12-13,16,23H,4-11H2,1-3H3,(H,17,18)(H,19,20)(H,21,22). The smallest absolute Gasteiger partial charge is 0.397 e. The number of aliphatic hydroxyl groups is 1. The van der Waals surface area contributed by atoms with Crippen LogP contribution in [0.15, 0.2) is 0 Å². The number of phosphoric ester groups is 3. The van der Waals surface area contributed by atoms with Crippen LogP contribution in [0.5, 0.6) is 0 Å². The fourth-order valence-corrected chi connectivity index (χ4v) is 5.20. The molecule has 5 atom stereocenters. The minimum Gasteiger partial charge on any atom is -0.397 e. The van der Waals surface area contributed by atoms with Gasteiger partial charge in [0.2, 0.25) is 0 Å². The fourth-order valence-electron chi connectivity index (χ4n) is 2.33. The van der Waals surface area contributed by atoms with Gasteiger partial charge in [0, 0.05) is 12.4 Å². The molecule has 0 aliphatic rings. The highest BCUT2D eigenvalue weighted by molar-refractivity contribution is 7.93. The molecule has 0 rings (SSSR count). The first-order chi connectivity index (χ1) is 15.0. The summed E-state index contributed by atoms with van der Waals surface area (Å²) >= 11 is 0.649. The van der Waals surface area contributed by atoms with Crippen molar-refractivity contribution >= 4 is 43.4 Å². The van der Waals surface area contributed by atoms with Crippen molar-refractivity contribution in [2.75, 3.05) is 45.4 Å². The molecule has 0 heterocycles. The van der Waals surface area contributed by atoms with E-state index in [0.717, 1.165) is 0 Å². The second kappa shape index (κ2) is 15.7. The third-order valence-corrected chi connectivity index (χ3v) is 7.39. The Hall–Kier alpha value is 0.665. The summed E-state index contributed by atoms with van der Waals surface area (Å²) < 4.78 is 72.0. The van der Waals surface area contributed by atoms with Crippen LogP contribution in [0.4, 0.5) is 0 Å². The molecule has 0 aromatic rings. The number of phosphoric acid groups is 3. The van der Waals surface area contributed by atoms with Crippen molar-refractivity contribution in [3.8, 4) is 0 Å². The van der Waals surface area contributed by atoms with Crippen LogP contribution in [-0.2, 0) is 40.8 Å². The van der Waals surface area contributed by atoms with Crippen molar-refractivity contribution in [1.82, 2.24) is 0 Å². The molecule has 0 aliphatic heterocycles. The van der Waals surface area contributed by atoms with Gasteiger partial charge in [-0.05, 0) is 44.0 Å². The molecular formula is C14H32BO14P3S. The second-order valence-electron chi connectivity index (χ2n) is 7.43. The molecule has 0 saturated heterocycles. The molecule has 0 aliphatic carbocycles. The summed E-state index contributed by atoms with van der Waals surface area (Å²) in [6.45, 7) is 1.60. The summed E-state index contributed by atoms with van der Waals surface area (Å²) in [7, 11) is -8.34. The lowest BCUT2D eigenvalue weighted by Gasteiger charge is -2.29. The molecule has 5 N–H and O–H groups in total. The molecule has 5 unspecified atom stereocenters. The van der Waals surface area contributed by atoms with E-state index in [1.165, 1.54) is 0 Å². The van der Waals surface area contributed by atoms with Crippen LogP contribution >= 0.6 is 35.5 Å². The molecule has 0 saturated carbocycles. The van der Waals surface area contributed by atoms with E-state index >= 15 is 0 Å². The molecule has 33 heavy (non-hydrogen) atoms. The lowest BCUT2D eigenvalue weighted by molar-refractivity contribution is 0.0278. The van der Waals surface area contributed by atoms with Crippen LogP contribution in [0.1, 0.15) is 27.2 Å². The van der Waals surface area contributed by atoms with Crippen molar-refractivity contribution in [1.29, 1.82) is 0 Å². The monoisotopic (exact) mass is 560 g/mol. The van der Waals surface area contributed by atoms with Gasteiger partial charge in [0.05, 0.1) is 46.5 Å². The highest BCUT2D eigenvalue weighted by Crippen LogP contribution is 2.49. The minimum absolute atomic E-state index is 0.0100. The van der Waals surface area contributed by atoms with Gasteiger partial charge in [-0.1, -0.05) is 6.92 Å². The summed E-state index contributed by atoms with van der Waals surface area (Å²) in [6.07, 6.45) is 0.354. The number of rotatable bonds is 20. The molecule has 14 nitrogen and oxygen atoms in total. The molecule has 0 aromatic heterocycles. The highest BCUT2D eigenvalue weighted by Gasteiger charge is 2.33. The molecule has 0 amide bonds. The Morgan fingerprint density at radius 3 is 1.73 bits per heavy atom. The van der Waals surface area contributed by atoms with Crippen LogP contribution in [0.2, 0.25) is 5.82 Å². The lowest BCUT2D eigenvalue weighted by atomic mass is 9.90. The maximum absolute atomic E-state index is 12.1. The Morgan fingerprint density at radius 1 is 0.879 bits per heavy atom. The van der Waals surface area contributed by atoms with E-state index in [4.69, 9.17) is 26.6 Å². The zero-order valence-corrected chi connectivity index (χ0v) is 22.0. The van der Waals surface area contributed by atoms with E-state index in [1.807, 2.05) is 6.92 Å². The molecule has 0 fully saturated rings. The van der Waals surface area contributed by atoms with E-state index in [1.54, 1.807) is 13.8 Å². The van der Waals surface area contributed by atoms with E-state index in [-0.39, 0.29) is 5.92 Å². The van der Waals surface area contributed by atoms with Crippen molar-refractivity contribution in [3.63, 3.8) is 0 Å². The van der Waals surface area contributed by atoms with Gasteiger partial charge in [-0.25, -0.2) is 13.7 Å². The predicted molar refractivity (Wildman–Crippen MR) is 120 cm³/mol. The molecular weight excluding hydrogens is 528 g/mol. The van der Waals surface area contributed by atoms with Gasteiger partial charge in [0.25, 0.3) is 0 Å². The van der Waals surface area contributed by atoms with E-state index in [2.05, 4.69) is 18.1 Å². The first-order valence-corrected chi connectivity index (χ1v) is 15.0. The highest BCUT2D eigenvalue weighted by atomic mass is 32.2. The number of hydrogen-bond acceptors (Lipinski definition) is 12. The van der Waals surface area contributed by atoms with Gasteiger partial charge in [0.15, 0.2) is 0 Å². The van der Waals surface area contributed by atoms with Crippen LogP contribution in [0, 0.1) is 5.92 Å². The lowest BCUT2D eigenvalue weighted by Crippen LogP contribution is -2.27. The SMILES string of the molecule is [B]C(CO)COP(=O)(O)OCCOP(=O)(O)OCCOP(=O)(O)OC(C)(C)CC(C)CSO. The van der Waals surface area contributed by atoms with Crippen LogP contribution < -0.4 is 0 Å². The average molecular weight is 560 g/mol. The maximum atomic E-state index is 12.1. The molecule has 0 aromatic carbocycles. The van der Waals surface area contributed by atoms with Crippen LogP contribution in [0.25, 0.3) is 0 Å². The molecule has 0 spiro atoms. The van der Waals surface area contributed by atoms with Crippen molar-refractivity contribution in [2.45, 2.75) is 38.6 Å². The summed E-state index contributed by atoms with van der Waals surface area (Å²) in [5.41, 5.74) is -1.05. The van der Waals surface area contributed by atoms with Crippen LogP contribution in [0.3, 0.4) is 0 Å². The largest absolute Gasteiger partial charge is 0.472 e. The van der Waals surface area contributed by atoms with Crippen molar-refractivity contribution in [3.05, 3.63) is 0 Å². The van der Waals surface area contributed by atoms with Gasteiger partial charge >= 0.3 is 23.5 Å². The fraction of sp³-hybridized carbons (Fsp3) is 1.00. The molecule has 2 radical (unpaired) electrons. The number of hydrogen-bond donors (Lipinski definition) is 5. The summed E-state index contributed by atoms with van der Waals surface area (Å²) in [4.78, 5) is 28.7. The van der Waals surface area contributed by atoms with Gasteiger partial charge in [-0.15, -0.1) is 0 Å². The van der Waals surface area contributed by atoms with Crippen molar-refractivity contribution in [2.24, 2.45) is 5.92 Å². The summed E-state index contributed by atoms with van der Waals surface area (Å²) in [5.74, 6) is -0.489. The van der Waals surface area contributed by atoms with E-state index < -0.39 is 74.5 Å². The molecule has 0 bridgehead atoms. The number of aliphatic hydroxyl groups excluding tert-OH is 1. The zero-order valence-electron chi connectivity index (χ0n) is 18.5. The summed E-state index contributed by atoms with van der Waals surface area (Å²) in [6, 6.07) is 0. The first kappa shape index (κ1) is 33.7. The molecule has 19 heteroatoms. The predicted octanol–water partition coefficient (Wildman–Crippen LogP) is 2.35.